The van der Waals surface area contributed by atoms with Gasteiger partial charge in [-0.3, -0.25) is 0 Å². The highest BCUT2D eigenvalue weighted by Crippen LogP contribution is 2.17. The first-order valence-corrected chi connectivity index (χ1v) is 3.74. The molecule has 0 fully saturated rings. The smallest absolute Gasteiger partial charge is 0.0732 e. The van der Waals surface area contributed by atoms with E-state index in [0.29, 0.717) is 6.42 Å². The van der Waals surface area contributed by atoms with E-state index in [-0.39, 0.29) is 0 Å². The van der Waals surface area contributed by atoms with Gasteiger partial charge in [-0.15, -0.1) is 0 Å². The Labute approximate surface area is 66.8 Å². The first kappa shape index (κ1) is 10.8. The highest BCUT2D eigenvalue weighted by Gasteiger charge is 2.32. The number of hydrogen-bond donors (Lipinski definition) is 3. The molecule has 0 bridgehead atoms. The maximum absolute atomic E-state index is 10.4. The van der Waals surface area contributed by atoms with Gasteiger partial charge in [0.2, 0.25) is 0 Å². The number of hydrogen-bond acceptors (Lipinski definition) is 4. The topological polar surface area (TPSA) is 75.5 Å². The summed E-state index contributed by atoms with van der Waals surface area (Å²) in [6.45, 7) is 4.73. The summed E-state index contributed by atoms with van der Waals surface area (Å²) in [7, 11) is 0. The Hall–Kier alpha value is -0.160. The third kappa shape index (κ3) is 2.13. The van der Waals surface area contributed by atoms with Crippen molar-refractivity contribution in [2.24, 2.45) is 0 Å². The van der Waals surface area contributed by atoms with Crippen LogP contribution in [-0.2, 0) is 0 Å². The highest BCUT2D eigenvalue weighted by atomic mass is 16.5. The maximum Gasteiger partial charge on any atom is 0.0732 e. The molecule has 0 spiro atoms. The van der Waals surface area contributed by atoms with E-state index in [0.717, 1.165) is 0 Å². The first-order chi connectivity index (χ1) is 4.99. The van der Waals surface area contributed by atoms with Crippen LogP contribution in [0, 0.1) is 5.21 Å². The van der Waals surface area contributed by atoms with Gasteiger partial charge >= 0.3 is 0 Å². The van der Waals surface area contributed by atoms with Crippen molar-refractivity contribution < 1.29 is 10.2 Å². The zero-order valence-electron chi connectivity index (χ0n) is 7.16. The lowest BCUT2D eigenvalue weighted by Gasteiger charge is -2.40. The Morgan fingerprint density at radius 2 is 2.00 bits per heavy atom. The molecular formula is C7H16NO3-. The lowest BCUT2D eigenvalue weighted by molar-refractivity contribution is -0.00828. The quantitative estimate of drug-likeness (QED) is 0.508. The Bertz CT molecular complexity index is 118. The number of hydroxylamine groups is 1. The van der Waals surface area contributed by atoms with Gasteiger partial charge in [0, 0.05) is 0 Å². The van der Waals surface area contributed by atoms with E-state index in [1.165, 1.54) is 13.8 Å². The molecule has 0 radical (unpaired) electrons. The third-order valence-electron chi connectivity index (χ3n) is 2.17. The normalized spacial score (nSPS) is 22.4. The van der Waals surface area contributed by atoms with Crippen LogP contribution in [0.15, 0.2) is 0 Å². The van der Waals surface area contributed by atoms with Gasteiger partial charge in [0.15, 0.2) is 0 Å². The van der Waals surface area contributed by atoms with E-state index in [9.17, 15) is 10.3 Å². The van der Waals surface area contributed by atoms with Crippen LogP contribution in [0.3, 0.4) is 0 Å². The molecule has 0 aromatic rings. The van der Waals surface area contributed by atoms with E-state index < -0.39 is 17.7 Å². The van der Waals surface area contributed by atoms with Crippen LogP contribution < -0.4 is 5.48 Å². The van der Waals surface area contributed by atoms with E-state index in [1.54, 1.807) is 12.4 Å². The van der Waals surface area contributed by atoms with Gasteiger partial charge in [-0.2, -0.15) is 0 Å². The summed E-state index contributed by atoms with van der Waals surface area (Å²) in [6.07, 6.45) is -1.24. The molecule has 0 rings (SSSR count). The van der Waals surface area contributed by atoms with Crippen molar-refractivity contribution in [3.05, 3.63) is 5.21 Å². The fourth-order valence-corrected chi connectivity index (χ4v) is 0.856. The molecule has 0 heterocycles. The van der Waals surface area contributed by atoms with Crippen LogP contribution in [0.4, 0.5) is 0 Å². The fourth-order valence-electron chi connectivity index (χ4n) is 0.856. The molecule has 0 aromatic carbocycles. The summed E-state index contributed by atoms with van der Waals surface area (Å²) >= 11 is 0. The van der Waals surface area contributed by atoms with Crippen molar-refractivity contribution in [1.82, 2.24) is 5.48 Å². The lowest BCUT2D eigenvalue weighted by Crippen LogP contribution is -2.56. The Morgan fingerprint density at radius 3 is 2.09 bits per heavy atom. The maximum atomic E-state index is 10.4. The van der Waals surface area contributed by atoms with Crippen molar-refractivity contribution in [3.63, 3.8) is 0 Å². The van der Waals surface area contributed by atoms with Gasteiger partial charge in [-0.1, -0.05) is 6.92 Å². The standard InChI is InChI=1S/C7H16NO3/c1-4-6(10)7(3,8-11)5(2)9/h5-6,8-10H,4H2,1-3H3/q-1. The molecule has 0 saturated carbocycles. The fraction of sp³-hybridized carbons (Fsp3) is 1.00. The minimum absolute atomic E-state index is 0.441. The predicted octanol–water partition coefficient (Wildman–Crippen LogP) is -0.0158. The minimum atomic E-state index is -1.14. The minimum Gasteiger partial charge on any atom is -0.787 e. The zero-order chi connectivity index (χ0) is 9.07. The van der Waals surface area contributed by atoms with Crippen LogP contribution in [0.2, 0.25) is 0 Å². The van der Waals surface area contributed by atoms with Crippen LogP contribution in [0.1, 0.15) is 27.2 Å². The third-order valence-corrected chi connectivity index (χ3v) is 2.17. The predicted molar refractivity (Wildman–Crippen MR) is 42.9 cm³/mol. The van der Waals surface area contributed by atoms with Gasteiger partial charge in [0.1, 0.15) is 0 Å². The summed E-state index contributed by atoms with van der Waals surface area (Å²) < 4.78 is 0. The van der Waals surface area contributed by atoms with E-state index in [1.807, 2.05) is 0 Å². The average molecular weight is 162 g/mol. The van der Waals surface area contributed by atoms with Gasteiger partial charge in [-0.05, 0) is 20.3 Å². The zero-order valence-corrected chi connectivity index (χ0v) is 7.16. The second-order valence-electron chi connectivity index (χ2n) is 2.98. The molecule has 3 N–H and O–H groups in total. The molecule has 0 amide bonds. The summed E-state index contributed by atoms with van der Waals surface area (Å²) in [5.74, 6) is 0. The summed E-state index contributed by atoms with van der Waals surface area (Å²) in [4.78, 5) is 0. The molecule has 0 aliphatic rings. The van der Waals surface area contributed by atoms with E-state index in [4.69, 9.17) is 5.11 Å². The monoisotopic (exact) mass is 162 g/mol. The highest BCUT2D eigenvalue weighted by molar-refractivity contribution is 4.94. The van der Waals surface area contributed by atoms with Crippen LogP contribution >= 0.6 is 0 Å². The molecule has 11 heavy (non-hydrogen) atoms. The molecule has 3 unspecified atom stereocenters. The van der Waals surface area contributed by atoms with Crippen LogP contribution in [0.25, 0.3) is 0 Å². The van der Waals surface area contributed by atoms with Crippen molar-refractivity contribution in [3.8, 4) is 0 Å². The van der Waals surface area contributed by atoms with E-state index >= 15 is 0 Å². The van der Waals surface area contributed by atoms with Crippen molar-refractivity contribution in [2.45, 2.75) is 44.9 Å². The van der Waals surface area contributed by atoms with Crippen molar-refractivity contribution >= 4 is 0 Å². The molecule has 0 aromatic heterocycles. The molecule has 4 heteroatoms. The lowest BCUT2D eigenvalue weighted by atomic mass is 9.88. The van der Waals surface area contributed by atoms with Crippen molar-refractivity contribution in [2.75, 3.05) is 0 Å². The summed E-state index contributed by atoms with van der Waals surface area (Å²) in [5, 5.41) is 28.9. The molecule has 68 valence electrons. The molecule has 4 nitrogen and oxygen atoms in total. The SMILES string of the molecule is CCC(O)C(C)(N[O-])C(C)O. The van der Waals surface area contributed by atoms with Crippen LogP contribution in [0.5, 0.6) is 0 Å². The number of nitrogens with one attached hydrogen (secondary N) is 1. The van der Waals surface area contributed by atoms with E-state index in [2.05, 4.69) is 0 Å². The average Bonchev–Trinajstić information content (AvgIpc) is 2.01. The van der Waals surface area contributed by atoms with Crippen LogP contribution in [-0.4, -0.2) is 28.0 Å². The number of aliphatic hydroxyl groups excluding tert-OH is 2. The molecule has 0 aliphatic heterocycles. The number of aliphatic hydroxyl groups is 2. The number of rotatable bonds is 4. The van der Waals surface area contributed by atoms with Gasteiger partial charge in [0.05, 0.1) is 17.7 Å². The Balaban J connectivity index is 4.32. The Morgan fingerprint density at radius 1 is 1.55 bits per heavy atom. The van der Waals surface area contributed by atoms with Gasteiger partial charge in [0.25, 0.3) is 0 Å². The Kier molecular flexibility index (Phi) is 3.96. The second-order valence-corrected chi connectivity index (χ2v) is 2.98. The summed E-state index contributed by atoms with van der Waals surface area (Å²) in [6, 6.07) is 0. The molecule has 3 atom stereocenters. The first-order valence-electron chi connectivity index (χ1n) is 3.74. The largest absolute Gasteiger partial charge is 0.787 e. The second kappa shape index (κ2) is 4.01. The summed E-state index contributed by atoms with van der Waals surface area (Å²) in [5.41, 5.74) is 0.534. The van der Waals surface area contributed by atoms with Gasteiger partial charge < -0.3 is 20.9 Å². The van der Waals surface area contributed by atoms with Gasteiger partial charge in [-0.25, -0.2) is 0 Å². The molecular weight excluding hydrogens is 146 g/mol. The molecule has 0 saturated heterocycles. The molecule has 0 aliphatic carbocycles. The van der Waals surface area contributed by atoms with Crippen molar-refractivity contribution in [1.29, 1.82) is 0 Å².